The number of fused-ring (bicyclic) bond motifs is 1. The fourth-order valence-corrected chi connectivity index (χ4v) is 3.84. The Morgan fingerprint density at radius 3 is 2.78 bits per heavy atom. The second-order valence-electron chi connectivity index (χ2n) is 5.78. The van der Waals surface area contributed by atoms with Gasteiger partial charge in [-0.1, -0.05) is 0 Å². The number of carbonyl (C=O) groups is 2. The van der Waals surface area contributed by atoms with Crippen LogP contribution < -0.4 is 0 Å². The number of hydrogen-bond donors (Lipinski definition) is 1. The van der Waals surface area contributed by atoms with Crippen LogP contribution in [0.4, 0.5) is 0 Å². The molecular formula is C14H17N3O5S. The topological polar surface area (TPSA) is 107 Å². The number of amidine groups is 1. The third-order valence-corrected chi connectivity index (χ3v) is 5.29. The first-order valence-corrected chi connectivity index (χ1v) is 8.98. The Kier molecular flexibility index (Phi) is 3.97. The molecule has 3 rings (SSSR count). The molecule has 3 aliphatic rings. The second kappa shape index (κ2) is 5.80. The van der Waals surface area contributed by atoms with Crippen LogP contribution in [0, 0.1) is 5.92 Å². The van der Waals surface area contributed by atoms with E-state index >= 15 is 0 Å². The zero-order valence-electron chi connectivity index (χ0n) is 12.4. The fraction of sp³-hybridized carbons (Fsp3) is 0.500. The average molecular weight is 339 g/mol. The van der Waals surface area contributed by atoms with E-state index in [1.807, 2.05) is 0 Å². The Morgan fingerprint density at radius 2 is 2.04 bits per heavy atom. The van der Waals surface area contributed by atoms with Crippen LogP contribution in [0.15, 0.2) is 28.3 Å². The molecular weight excluding hydrogens is 322 g/mol. The summed E-state index contributed by atoms with van der Waals surface area (Å²) in [6.07, 6.45) is 5.86. The molecule has 0 radical (unpaired) electrons. The maximum Gasteiger partial charge on any atom is 0.308 e. The molecule has 1 atom stereocenters. The molecule has 0 aliphatic carbocycles. The van der Waals surface area contributed by atoms with Crippen molar-refractivity contribution in [3.05, 3.63) is 23.9 Å². The lowest BCUT2D eigenvalue weighted by Crippen LogP contribution is -2.44. The summed E-state index contributed by atoms with van der Waals surface area (Å²) >= 11 is 0. The zero-order valence-corrected chi connectivity index (χ0v) is 13.2. The lowest BCUT2D eigenvalue weighted by Gasteiger charge is -2.33. The number of nitrogens with zero attached hydrogens (tertiary/aromatic N) is 3. The van der Waals surface area contributed by atoms with Gasteiger partial charge in [-0.15, -0.1) is 4.40 Å². The molecule has 1 unspecified atom stereocenters. The first-order chi connectivity index (χ1) is 10.9. The highest BCUT2D eigenvalue weighted by molar-refractivity contribution is 7.90. The Balaban J connectivity index is 1.76. The molecule has 0 bridgehead atoms. The van der Waals surface area contributed by atoms with Gasteiger partial charge in [-0.25, -0.2) is 8.42 Å². The van der Waals surface area contributed by atoms with Gasteiger partial charge in [0.05, 0.1) is 17.2 Å². The normalized spacial score (nSPS) is 26.2. The molecule has 9 heteroatoms. The van der Waals surface area contributed by atoms with E-state index in [9.17, 15) is 18.0 Å². The number of carbonyl (C=O) groups excluding carboxylic acids is 1. The Labute approximate surface area is 133 Å². The van der Waals surface area contributed by atoms with Crippen LogP contribution in [0.2, 0.25) is 0 Å². The number of rotatable bonds is 2. The number of amides is 1. The molecule has 1 amide bonds. The molecule has 1 N–H and O–H groups in total. The molecule has 0 aromatic carbocycles. The van der Waals surface area contributed by atoms with E-state index in [0.29, 0.717) is 30.8 Å². The molecule has 3 heterocycles. The minimum atomic E-state index is -3.42. The maximum absolute atomic E-state index is 12.6. The van der Waals surface area contributed by atoms with E-state index in [2.05, 4.69) is 4.40 Å². The maximum atomic E-state index is 12.6. The van der Waals surface area contributed by atoms with E-state index in [1.54, 1.807) is 16.0 Å². The number of likely N-dealkylation sites (tertiary alicyclic amines) is 1. The summed E-state index contributed by atoms with van der Waals surface area (Å²) < 4.78 is 26.6. The van der Waals surface area contributed by atoms with Gasteiger partial charge in [-0.3, -0.25) is 9.59 Å². The van der Waals surface area contributed by atoms with Crippen molar-refractivity contribution in [2.45, 2.75) is 12.8 Å². The van der Waals surface area contributed by atoms with Gasteiger partial charge in [0.15, 0.2) is 0 Å². The summed E-state index contributed by atoms with van der Waals surface area (Å²) in [7, 11) is -3.42. The molecule has 8 nitrogen and oxygen atoms in total. The van der Waals surface area contributed by atoms with Crippen LogP contribution in [0.25, 0.3) is 0 Å². The number of sulfonamides is 1. The summed E-state index contributed by atoms with van der Waals surface area (Å²) in [5.74, 6) is -1.44. The molecule has 1 saturated heterocycles. The summed E-state index contributed by atoms with van der Waals surface area (Å²) in [5, 5.41) is 9.10. The van der Waals surface area contributed by atoms with E-state index in [-0.39, 0.29) is 24.7 Å². The lowest BCUT2D eigenvalue weighted by molar-refractivity contribution is -0.145. The van der Waals surface area contributed by atoms with Crippen LogP contribution in [-0.4, -0.2) is 66.4 Å². The van der Waals surface area contributed by atoms with E-state index in [1.165, 1.54) is 12.2 Å². The Morgan fingerprint density at radius 1 is 1.26 bits per heavy atom. The van der Waals surface area contributed by atoms with Crippen molar-refractivity contribution in [2.75, 3.05) is 25.4 Å². The first-order valence-electron chi connectivity index (χ1n) is 7.37. The number of aliphatic carboxylic acids is 1. The summed E-state index contributed by atoms with van der Waals surface area (Å²) in [6.45, 7) is 0.984. The highest BCUT2D eigenvalue weighted by Crippen LogP contribution is 2.21. The predicted molar refractivity (Wildman–Crippen MR) is 82.1 cm³/mol. The van der Waals surface area contributed by atoms with E-state index in [0.717, 1.165) is 0 Å². The molecule has 0 saturated carbocycles. The smallest absolute Gasteiger partial charge is 0.308 e. The van der Waals surface area contributed by atoms with Gasteiger partial charge in [0, 0.05) is 25.8 Å². The average Bonchev–Trinajstić information content (AvgIpc) is 2.53. The third kappa shape index (κ3) is 3.29. The minimum absolute atomic E-state index is 0.0902. The van der Waals surface area contributed by atoms with Crippen LogP contribution in [0.3, 0.4) is 0 Å². The van der Waals surface area contributed by atoms with Gasteiger partial charge >= 0.3 is 5.97 Å². The molecule has 0 spiro atoms. The van der Waals surface area contributed by atoms with Gasteiger partial charge in [0.2, 0.25) is 0 Å². The van der Waals surface area contributed by atoms with Crippen molar-refractivity contribution < 1.29 is 23.1 Å². The van der Waals surface area contributed by atoms with Gasteiger partial charge < -0.3 is 14.9 Å². The largest absolute Gasteiger partial charge is 0.481 e. The summed E-state index contributed by atoms with van der Waals surface area (Å²) in [5.41, 5.74) is 0.411. The number of piperidine rings is 1. The minimum Gasteiger partial charge on any atom is -0.481 e. The molecule has 1 fully saturated rings. The number of carboxylic acid groups (broad SMARTS) is 1. The van der Waals surface area contributed by atoms with Crippen LogP contribution in [-0.2, 0) is 19.6 Å². The molecule has 0 aromatic rings. The lowest BCUT2D eigenvalue weighted by atomic mass is 9.97. The molecule has 3 aliphatic heterocycles. The number of carboxylic acids is 1. The Hall–Kier alpha value is -2.16. The predicted octanol–water partition coefficient (Wildman–Crippen LogP) is -0.193. The van der Waals surface area contributed by atoms with Crippen molar-refractivity contribution in [2.24, 2.45) is 10.3 Å². The van der Waals surface area contributed by atoms with Crippen LogP contribution >= 0.6 is 0 Å². The monoisotopic (exact) mass is 339 g/mol. The van der Waals surface area contributed by atoms with Gasteiger partial charge in [-0.2, -0.15) is 0 Å². The zero-order chi connectivity index (χ0) is 16.6. The van der Waals surface area contributed by atoms with Gasteiger partial charge in [-0.05, 0) is 25.0 Å². The number of hydrogen-bond acceptors (Lipinski definition) is 5. The standard InChI is InChI=1S/C14H17N3O5S/c18-13(17-5-1-2-11(9-17)14(19)20)10-3-4-12-15-23(21,22)7-6-16(12)8-10/h3-4,8,11H,1-2,5-7,9H2,(H,19,20). The summed E-state index contributed by atoms with van der Waals surface area (Å²) in [4.78, 5) is 26.8. The highest BCUT2D eigenvalue weighted by atomic mass is 32.2. The van der Waals surface area contributed by atoms with Crippen molar-refractivity contribution >= 4 is 27.7 Å². The van der Waals surface area contributed by atoms with Crippen LogP contribution in [0.1, 0.15) is 12.8 Å². The van der Waals surface area contributed by atoms with E-state index in [4.69, 9.17) is 5.11 Å². The van der Waals surface area contributed by atoms with Crippen molar-refractivity contribution in [1.82, 2.24) is 9.80 Å². The van der Waals surface area contributed by atoms with Crippen molar-refractivity contribution in [1.29, 1.82) is 0 Å². The highest BCUT2D eigenvalue weighted by Gasteiger charge is 2.31. The van der Waals surface area contributed by atoms with Crippen molar-refractivity contribution in [3.63, 3.8) is 0 Å². The third-order valence-electron chi connectivity index (χ3n) is 4.13. The fourth-order valence-electron chi connectivity index (χ4n) is 2.87. The van der Waals surface area contributed by atoms with E-state index < -0.39 is 21.9 Å². The second-order valence-corrected chi connectivity index (χ2v) is 7.53. The van der Waals surface area contributed by atoms with Crippen molar-refractivity contribution in [3.8, 4) is 0 Å². The van der Waals surface area contributed by atoms with Crippen LogP contribution in [0.5, 0.6) is 0 Å². The first kappa shape index (κ1) is 15.7. The van der Waals surface area contributed by atoms with Gasteiger partial charge in [0.25, 0.3) is 15.9 Å². The Bertz CT molecular complexity index is 738. The molecule has 124 valence electrons. The quantitative estimate of drug-likeness (QED) is 0.747. The van der Waals surface area contributed by atoms with Gasteiger partial charge in [0.1, 0.15) is 5.84 Å². The SMILES string of the molecule is O=C(O)C1CCCN(C(=O)C2=CN3CCS(=O)(=O)N=C3C=C2)C1. The molecule has 23 heavy (non-hydrogen) atoms. The molecule has 0 aromatic heterocycles. The summed E-state index contributed by atoms with van der Waals surface area (Å²) in [6, 6.07) is 0.